The van der Waals surface area contributed by atoms with E-state index in [0.29, 0.717) is 0 Å². The van der Waals surface area contributed by atoms with Crippen LogP contribution in [0.4, 0.5) is 8.78 Å². The monoisotopic (exact) mass is 234 g/mol. The third-order valence-corrected chi connectivity index (χ3v) is 2.07. The van der Waals surface area contributed by atoms with E-state index >= 15 is 0 Å². The molecule has 1 aromatic rings. The van der Waals surface area contributed by atoms with Crippen LogP contribution in [-0.4, -0.2) is 16.1 Å². The van der Waals surface area contributed by atoms with Gasteiger partial charge in [-0.25, -0.2) is 4.98 Å². The van der Waals surface area contributed by atoms with Crippen molar-refractivity contribution in [1.82, 2.24) is 9.97 Å². The third kappa shape index (κ3) is 2.75. The average molecular weight is 235 g/mol. The predicted octanol–water partition coefficient (Wildman–Crippen LogP) is 2.78. The molecular formula is C9H9ClF2N2O. The lowest BCUT2D eigenvalue weighted by molar-refractivity contribution is 0.00690. The molecule has 0 atom stereocenters. The van der Waals surface area contributed by atoms with Crippen molar-refractivity contribution in [2.24, 2.45) is 0 Å². The highest BCUT2D eigenvalue weighted by Gasteiger charge is 2.30. The van der Waals surface area contributed by atoms with Crippen LogP contribution in [0.5, 0.6) is 5.88 Å². The molecule has 15 heavy (non-hydrogen) atoms. The Balaban J connectivity index is 2.27. The summed E-state index contributed by atoms with van der Waals surface area (Å²) in [4.78, 5) is 7.07. The van der Waals surface area contributed by atoms with Crippen LogP contribution in [-0.2, 0) is 5.92 Å². The quantitative estimate of drug-likeness (QED) is 0.755. The van der Waals surface area contributed by atoms with Gasteiger partial charge in [0, 0.05) is 13.0 Å². The Hall–Kier alpha value is -0.970. The lowest BCUT2D eigenvalue weighted by Gasteiger charge is -2.10. The number of hydrogen-bond acceptors (Lipinski definition) is 3. The Labute approximate surface area is 90.4 Å². The molecule has 0 unspecified atom stereocenters. The van der Waals surface area contributed by atoms with Crippen molar-refractivity contribution >= 4 is 11.6 Å². The molecule has 0 saturated heterocycles. The predicted molar refractivity (Wildman–Crippen MR) is 50.3 cm³/mol. The second-order valence-corrected chi connectivity index (χ2v) is 3.95. The summed E-state index contributed by atoms with van der Waals surface area (Å²) in [6.45, 7) is 0.722. The van der Waals surface area contributed by atoms with Gasteiger partial charge in [0.25, 0.3) is 0 Å². The molecule has 1 aliphatic carbocycles. The molecule has 3 nitrogen and oxygen atoms in total. The Morgan fingerprint density at radius 3 is 2.67 bits per heavy atom. The zero-order chi connectivity index (χ0) is 11.1. The van der Waals surface area contributed by atoms with E-state index in [4.69, 9.17) is 16.3 Å². The fourth-order valence-corrected chi connectivity index (χ4v) is 1.18. The summed E-state index contributed by atoms with van der Waals surface area (Å²) in [6.07, 6.45) is 1.95. The van der Waals surface area contributed by atoms with Gasteiger partial charge < -0.3 is 4.74 Å². The zero-order valence-corrected chi connectivity index (χ0v) is 8.76. The van der Waals surface area contributed by atoms with Crippen LogP contribution in [0.3, 0.4) is 0 Å². The molecular weight excluding hydrogens is 226 g/mol. The van der Waals surface area contributed by atoms with Crippen molar-refractivity contribution in [2.45, 2.75) is 31.8 Å². The van der Waals surface area contributed by atoms with Crippen LogP contribution in [0.15, 0.2) is 6.07 Å². The van der Waals surface area contributed by atoms with Crippen molar-refractivity contribution in [1.29, 1.82) is 0 Å². The molecule has 0 bridgehead atoms. The molecule has 1 aromatic heterocycles. The van der Waals surface area contributed by atoms with Gasteiger partial charge in [-0.05, 0) is 12.8 Å². The van der Waals surface area contributed by atoms with Crippen LogP contribution >= 0.6 is 11.6 Å². The van der Waals surface area contributed by atoms with E-state index in [-0.39, 0.29) is 17.1 Å². The number of aromatic nitrogens is 2. The van der Waals surface area contributed by atoms with E-state index in [9.17, 15) is 8.78 Å². The summed E-state index contributed by atoms with van der Waals surface area (Å²) in [5, 5.41) is -0.0304. The summed E-state index contributed by atoms with van der Waals surface area (Å²) in [6, 6.07) is 1.34. The highest BCUT2D eigenvalue weighted by molar-refractivity contribution is 6.29. The minimum absolute atomic E-state index is 0.0304. The van der Waals surface area contributed by atoms with Gasteiger partial charge in [-0.15, -0.1) is 0 Å². The topological polar surface area (TPSA) is 35.0 Å². The van der Waals surface area contributed by atoms with Crippen molar-refractivity contribution in [3.05, 3.63) is 17.0 Å². The number of rotatable bonds is 3. The molecule has 2 rings (SSSR count). The van der Waals surface area contributed by atoms with Gasteiger partial charge in [0.2, 0.25) is 11.7 Å². The van der Waals surface area contributed by atoms with Crippen molar-refractivity contribution in [2.75, 3.05) is 0 Å². The largest absolute Gasteiger partial charge is 0.474 e. The summed E-state index contributed by atoms with van der Waals surface area (Å²) in [7, 11) is 0. The minimum Gasteiger partial charge on any atom is -0.474 e. The molecule has 1 fully saturated rings. The van der Waals surface area contributed by atoms with E-state index in [2.05, 4.69) is 9.97 Å². The molecule has 0 radical (unpaired) electrons. The first-order valence-corrected chi connectivity index (χ1v) is 4.92. The van der Waals surface area contributed by atoms with E-state index in [1.54, 1.807) is 0 Å². The summed E-state index contributed by atoms with van der Waals surface area (Å²) in [5.41, 5.74) is 0. The molecule has 1 saturated carbocycles. The lowest BCUT2D eigenvalue weighted by Crippen LogP contribution is -2.14. The lowest BCUT2D eigenvalue weighted by atomic mass is 10.3. The molecule has 82 valence electrons. The molecule has 1 heterocycles. The fraction of sp³-hybridized carbons (Fsp3) is 0.556. The van der Waals surface area contributed by atoms with Gasteiger partial charge >= 0.3 is 5.92 Å². The van der Waals surface area contributed by atoms with Crippen LogP contribution < -0.4 is 4.74 Å². The Bertz CT molecular complexity index is 377. The second kappa shape index (κ2) is 3.56. The average Bonchev–Trinajstić information content (AvgIpc) is 2.85. The van der Waals surface area contributed by atoms with E-state index in [1.165, 1.54) is 6.07 Å². The maximum atomic E-state index is 12.9. The zero-order valence-electron chi connectivity index (χ0n) is 8.01. The van der Waals surface area contributed by atoms with Gasteiger partial charge in [0.1, 0.15) is 11.3 Å². The number of halogens is 3. The van der Waals surface area contributed by atoms with Gasteiger partial charge in [0.05, 0.1) is 0 Å². The van der Waals surface area contributed by atoms with Crippen LogP contribution in [0.25, 0.3) is 0 Å². The maximum absolute atomic E-state index is 12.9. The Morgan fingerprint density at radius 1 is 1.47 bits per heavy atom. The smallest absolute Gasteiger partial charge is 0.304 e. The second-order valence-electron chi connectivity index (χ2n) is 3.56. The van der Waals surface area contributed by atoms with Crippen LogP contribution in [0.2, 0.25) is 5.15 Å². The number of ether oxygens (including phenoxy) is 1. The summed E-state index contributed by atoms with van der Waals surface area (Å²) < 4.78 is 31.1. The van der Waals surface area contributed by atoms with Crippen molar-refractivity contribution in [3.8, 4) is 5.88 Å². The third-order valence-electron chi connectivity index (χ3n) is 1.88. The first kappa shape index (κ1) is 10.5. The first-order valence-electron chi connectivity index (χ1n) is 4.55. The molecule has 0 aromatic carbocycles. The SMILES string of the molecule is CC(F)(F)c1nc(Cl)cc(OC2CC2)n1. The molecule has 0 N–H and O–H groups in total. The summed E-state index contributed by atoms with van der Waals surface area (Å²) in [5.74, 6) is -3.59. The number of hydrogen-bond donors (Lipinski definition) is 0. The highest BCUT2D eigenvalue weighted by Crippen LogP contribution is 2.30. The number of alkyl halides is 2. The molecule has 0 spiro atoms. The standard InChI is InChI=1S/C9H9ClF2N2O/c1-9(11,12)8-13-6(10)4-7(14-8)15-5-2-3-5/h4-5H,2-3H2,1H3. The van der Waals surface area contributed by atoms with Crippen molar-refractivity contribution in [3.63, 3.8) is 0 Å². The Morgan fingerprint density at radius 2 is 2.13 bits per heavy atom. The van der Waals surface area contributed by atoms with E-state index in [1.807, 2.05) is 0 Å². The summed E-state index contributed by atoms with van der Waals surface area (Å²) >= 11 is 5.60. The molecule has 0 aliphatic heterocycles. The first-order chi connectivity index (χ1) is 6.95. The van der Waals surface area contributed by atoms with Gasteiger partial charge in [-0.1, -0.05) is 11.6 Å². The molecule has 0 amide bonds. The van der Waals surface area contributed by atoms with Crippen LogP contribution in [0.1, 0.15) is 25.6 Å². The van der Waals surface area contributed by atoms with E-state index in [0.717, 1.165) is 19.8 Å². The van der Waals surface area contributed by atoms with Crippen molar-refractivity contribution < 1.29 is 13.5 Å². The van der Waals surface area contributed by atoms with Crippen LogP contribution in [0, 0.1) is 0 Å². The molecule has 1 aliphatic rings. The highest BCUT2D eigenvalue weighted by atomic mass is 35.5. The van der Waals surface area contributed by atoms with Gasteiger partial charge in [0.15, 0.2) is 0 Å². The number of nitrogens with zero attached hydrogens (tertiary/aromatic N) is 2. The van der Waals surface area contributed by atoms with Gasteiger partial charge in [-0.3, -0.25) is 0 Å². The maximum Gasteiger partial charge on any atom is 0.304 e. The van der Waals surface area contributed by atoms with Gasteiger partial charge in [-0.2, -0.15) is 13.8 Å². The normalized spacial score (nSPS) is 16.5. The fourth-order valence-electron chi connectivity index (χ4n) is 1.01. The molecule has 6 heteroatoms. The minimum atomic E-state index is -3.10. The van der Waals surface area contributed by atoms with E-state index < -0.39 is 11.7 Å². The Kier molecular flexibility index (Phi) is 2.50.